The molecule has 5 heteroatoms. The lowest BCUT2D eigenvalue weighted by atomic mass is 10.0. The quantitative estimate of drug-likeness (QED) is 0.751. The van der Waals surface area contributed by atoms with E-state index in [-0.39, 0.29) is 12.1 Å². The second-order valence-electron chi connectivity index (χ2n) is 5.52. The largest absolute Gasteiger partial charge is 0.444 e. The number of aromatic nitrogens is 2. The molecule has 1 aliphatic rings. The summed E-state index contributed by atoms with van der Waals surface area (Å²) in [5, 5.41) is 7.01. The van der Waals surface area contributed by atoms with Crippen LogP contribution in [0.25, 0.3) is 0 Å². The van der Waals surface area contributed by atoms with Gasteiger partial charge in [0.15, 0.2) is 0 Å². The van der Waals surface area contributed by atoms with Gasteiger partial charge in [0.2, 0.25) is 0 Å². The van der Waals surface area contributed by atoms with E-state index in [9.17, 15) is 4.79 Å². The van der Waals surface area contributed by atoms with Crippen LogP contribution in [0.5, 0.6) is 0 Å². The summed E-state index contributed by atoms with van der Waals surface area (Å²) in [7, 11) is 0. The fourth-order valence-electron chi connectivity index (χ4n) is 1.95. The number of nitrogens with zero attached hydrogens (tertiary/aromatic N) is 2. The molecule has 2 heterocycles. The molecule has 0 radical (unpaired) electrons. The number of fused-ring (bicyclic) bond motifs is 1. The minimum absolute atomic E-state index is 0.126. The van der Waals surface area contributed by atoms with Gasteiger partial charge < -0.3 is 9.64 Å². The maximum absolute atomic E-state index is 12.0. The Morgan fingerprint density at radius 2 is 2.29 bits per heavy atom. The average Bonchev–Trinajstić information content (AvgIpc) is 2.60. The zero-order chi connectivity index (χ0) is 12.6. The monoisotopic (exact) mass is 237 g/mol. The predicted molar refractivity (Wildman–Crippen MR) is 63.5 cm³/mol. The number of nitrogens with one attached hydrogen (secondary N) is 1. The van der Waals surface area contributed by atoms with Crippen molar-refractivity contribution < 1.29 is 9.53 Å². The van der Waals surface area contributed by atoms with Gasteiger partial charge in [0.25, 0.3) is 0 Å². The highest BCUT2D eigenvalue weighted by Crippen LogP contribution is 2.23. The minimum atomic E-state index is -0.451. The predicted octanol–water partition coefficient (Wildman–Crippen LogP) is 2.09. The summed E-state index contributed by atoms with van der Waals surface area (Å²) < 4.78 is 5.40. The Bertz CT molecular complexity index is 420. The van der Waals surface area contributed by atoms with Crippen molar-refractivity contribution in [2.75, 3.05) is 0 Å². The average molecular weight is 237 g/mol. The normalized spacial score (nSPS) is 20.0. The lowest BCUT2D eigenvalue weighted by Gasteiger charge is -2.34. The van der Waals surface area contributed by atoms with Gasteiger partial charge in [-0.25, -0.2) is 4.79 Å². The molecule has 1 amide bonds. The van der Waals surface area contributed by atoms with Crippen molar-refractivity contribution in [2.24, 2.45) is 0 Å². The molecule has 1 aromatic heterocycles. The van der Waals surface area contributed by atoms with Crippen LogP contribution in [0.1, 0.15) is 39.0 Å². The van der Waals surface area contributed by atoms with Crippen LogP contribution in [0, 0.1) is 0 Å². The van der Waals surface area contributed by atoms with Gasteiger partial charge in [-0.1, -0.05) is 0 Å². The maximum atomic E-state index is 12.0. The number of rotatable bonds is 0. The molecule has 0 aliphatic carbocycles. The van der Waals surface area contributed by atoms with E-state index >= 15 is 0 Å². The number of H-pyrrole nitrogens is 1. The number of carbonyl (C=O) groups excluding carboxylic acids is 1. The van der Waals surface area contributed by atoms with Crippen LogP contribution in [0.15, 0.2) is 6.20 Å². The van der Waals surface area contributed by atoms with Gasteiger partial charge in [-0.05, 0) is 27.7 Å². The van der Waals surface area contributed by atoms with E-state index in [1.807, 2.05) is 33.9 Å². The summed E-state index contributed by atoms with van der Waals surface area (Å²) in [6.07, 6.45) is 2.37. The number of carbonyl (C=O) groups is 1. The van der Waals surface area contributed by atoms with Crippen LogP contribution in [0.2, 0.25) is 0 Å². The Balaban J connectivity index is 2.10. The molecule has 0 saturated heterocycles. The Hall–Kier alpha value is -1.52. The highest BCUT2D eigenvalue weighted by atomic mass is 16.6. The first-order chi connectivity index (χ1) is 7.87. The van der Waals surface area contributed by atoms with Gasteiger partial charge in [0, 0.05) is 24.2 Å². The van der Waals surface area contributed by atoms with Crippen molar-refractivity contribution in [3.8, 4) is 0 Å². The molecule has 2 rings (SSSR count). The first kappa shape index (κ1) is 12.0. The van der Waals surface area contributed by atoms with Gasteiger partial charge in [-0.15, -0.1) is 0 Å². The van der Waals surface area contributed by atoms with Gasteiger partial charge in [-0.2, -0.15) is 5.10 Å². The van der Waals surface area contributed by atoms with Crippen LogP contribution >= 0.6 is 0 Å². The van der Waals surface area contributed by atoms with Crippen molar-refractivity contribution in [2.45, 2.75) is 52.3 Å². The fourth-order valence-corrected chi connectivity index (χ4v) is 1.95. The molecule has 1 atom stereocenters. The lowest BCUT2D eigenvalue weighted by Crippen LogP contribution is -2.44. The van der Waals surface area contributed by atoms with E-state index in [4.69, 9.17) is 4.74 Å². The van der Waals surface area contributed by atoms with Gasteiger partial charge in [-0.3, -0.25) is 5.10 Å². The van der Waals surface area contributed by atoms with E-state index in [0.29, 0.717) is 6.54 Å². The Morgan fingerprint density at radius 1 is 1.59 bits per heavy atom. The van der Waals surface area contributed by atoms with Crippen molar-refractivity contribution in [1.82, 2.24) is 15.1 Å². The molecule has 1 N–H and O–H groups in total. The molecule has 0 bridgehead atoms. The van der Waals surface area contributed by atoms with Gasteiger partial charge >= 0.3 is 6.09 Å². The summed E-state index contributed by atoms with van der Waals surface area (Å²) in [5.41, 5.74) is 1.68. The van der Waals surface area contributed by atoms with E-state index < -0.39 is 5.60 Å². The number of ether oxygens (including phenoxy) is 1. The third-order valence-electron chi connectivity index (χ3n) is 2.80. The minimum Gasteiger partial charge on any atom is -0.444 e. The van der Waals surface area contributed by atoms with E-state index in [0.717, 1.165) is 17.7 Å². The molecule has 1 aromatic rings. The molecular formula is C12H19N3O2. The smallest absolute Gasteiger partial charge is 0.410 e. The van der Waals surface area contributed by atoms with Crippen molar-refractivity contribution in [3.05, 3.63) is 17.5 Å². The SMILES string of the molecule is C[C@H]1Cc2n[nH]cc2CN1C(=O)OC(C)(C)C. The van der Waals surface area contributed by atoms with E-state index in [1.165, 1.54) is 0 Å². The van der Waals surface area contributed by atoms with Crippen molar-refractivity contribution >= 4 is 6.09 Å². The van der Waals surface area contributed by atoms with Crippen molar-refractivity contribution in [3.63, 3.8) is 0 Å². The number of hydrogen-bond acceptors (Lipinski definition) is 3. The molecule has 0 saturated carbocycles. The summed E-state index contributed by atoms with van der Waals surface area (Å²) in [6, 6.07) is 0.126. The van der Waals surface area contributed by atoms with Crippen LogP contribution in [-0.2, 0) is 17.7 Å². The Kier molecular flexibility index (Phi) is 2.85. The van der Waals surface area contributed by atoms with Crippen LogP contribution < -0.4 is 0 Å². The number of aromatic amines is 1. The highest BCUT2D eigenvalue weighted by molar-refractivity contribution is 5.69. The molecular weight excluding hydrogens is 218 g/mol. The Morgan fingerprint density at radius 3 is 2.94 bits per heavy atom. The summed E-state index contributed by atoms with van der Waals surface area (Å²) in [4.78, 5) is 13.8. The van der Waals surface area contributed by atoms with E-state index in [1.54, 1.807) is 4.90 Å². The van der Waals surface area contributed by atoms with Gasteiger partial charge in [0.1, 0.15) is 5.60 Å². The molecule has 5 nitrogen and oxygen atoms in total. The zero-order valence-corrected chi connectivity index (χ0v) is 10.8. The lowest BCUT2D eigenvalue weighted by molar-refractivity contribution is 0.0137. The number of amides is 1. The Labute approximate surface area is 101 Å². The van der Waals surface area contributed by atoms with Crippen molar-refractivity contribution in [1.29, 1.82) is 0 Å². The summed E-state index contributed by atoms with van der Waals surface area (Å²) in [6.45, 7) is 8.22. The standard InChI is InChI=1S/C12H19N3O2/c1-8-5-10-9(6-13-14-10)7-15(8)11(16)17-12(2,3)4/h6,8H,5,7H2,1-4H3,(H,13,14)/t8-/m0/s1. The molecule has 0 spiro atoms. The zero-order valence-electron chi connectivity index (χ0n) is 10.8. The van der Waals surface area contributed by atoms with E-state index in [2.05, 4.69) is 10.2 Å². The summed E-state index contributed by atoms with van der Waals surface area (Å²) in [5.74, 6) is 0. The van der Waals surface area contributed by atoms with Gasteiger partial charge in [0.05, 0.1) is 12.2 Å². The third-order valence-corrected chi connectivity index (χ3v) is 2.80. The molecule has 17 heavy (non-hydrogen) atoms. The molecule has 1 aliphatic heterocycles. The molecule has 0 fully saturated rings. The van der Waals surface area contributed by atoms with Crippen LogP contribution in [0.4, 0.5) is 4.79 Å². The second-order valence-corrected chi connectivity index (χ2v) is 5.52. The van der Waals surface area contributed by atoms with Crippen LogP contribution in [0.3, 0.4) is 0 Å². The topological polar surface area (TPSA) is 58.2 Å². The number of hydrogen-bond donors (Lipinski definition) is 1. The second kappa shape index (κ2) is 4.05. The highest BCUT2D eigenvalue weighted by Gasteiger charge is 2.31. The van der Waals surface area contributed by atoms with Crippen LogP contribution in [-0.4, -0.2) is 32.8 Å². The first-order valence-corrected chi connectivity index (χ1v) is 5.88. The fraction of sp³-hybridized carbons (Fsp3) is 0.667. The first-order valence-electron chi connectivity index (χ1n) is 5.88. The summed E-state index contributed by atoms with van der Waals surface area (Å²) >= 11 is 0. The molecule has 0 unspecified atom stereocenters. The molecule has 0 aromatic carbocycles. The third kappa shape index (κ3) is 2.60. The molecule has 94 valence electrons. The maximum Gasteiger partial charge on any atom is 0.410 e.